The second-order valence-electron chi connectivity index (χ2n) is 3.69. The number of carbonyl (C=O) groups is 2. The van der Waals surface area contributed by atoms with Crippen LogP contribution in [-0.4, -0.2) is 46.6 Å². The van der Waals surface area contributed by atoms with E-state index in [9.17, 15) is 9.59 Å². The van der Waals surface area contributed by atoms with Crippen molar-refractivity contribution in [1.82, 2.24) is 14.5 Å². The number of esters is 1. The van der Waals surface area contributed by atoms with Crippen LogP contribution in [0.25, 0.3) is 0 Å². The average molecular weight is 271 g/mol. The van der Waals surface area contributed by atoms with Crippen LogP contribution in [0.2, 0.25) is 0 Å². The molecule has 7 heteroatoms. The lowest BCUT2D eigenvalue weighted by Crippen LogP contribution is -2.36. The highest BCUT2D eigenvalue weighted by Crippen LogP contribution is 2.15. The molecule has 1 amide bonds. The number of ether oxygens (including phenoxy) is 1. The summed E-state index contributed by atoms with van der Waals surface area (Å²) in [7, 11) is 1.30. The highest BCUT2D eigenvalue weighted by molar-refractivity contribution is 7.08. The van der Waals surface area contributed by atoms with Gasteiger partial charge in [-0.15, -0.1) is 5.10 Å². The smallest absolute Gasteiger partial charge is 0.325 e. The SMILES string of the molecule is CCCc1nnsc1C(=O)N(CC)CC(=O)OC. The van der Waals surface area contributed by atoms with Crippen molar-refractivity contribution < 1.29 is 14.3 Å². The van der Waals surface area contributed by atoms with Gasteiger partial charge in [0, 0.05) is 6.54 Å². The first kappa shape index (κ1) is 14.6. The second-order valence-corrected chi connectivity index (χ2v) is 4.45. The summed E-state index contributed by atoms with van der Waals surface area (Å²) < 4.78 is 8.37. The zero-order chi connectivity index (χ0) is 13.5. The molecule has 0 spiro atoms. The molecule has 0 aliphatic rings. The maximum Gasteiger partial charge on any atom is 0.325 e. The van der Waals surface area contributed by atoms with Crippen LogP contribution in [0.1, 0.15) is 35.6 Å². The summed E-state index contributed by atoms with van der Waals surface area (Å²) in [5.41, 5.74) is 0.704. The summed E-state index contributed by atoms with van der Waals surface area (Å²) >= 11 is 1.07. The van der Waals surface area contributed by atoms with Crippen LogP contribution in [0, 0.1) is 0 Å². The number of carbonyl (C=O) groups excluding carboxylic acids is 2. The topological polar surface area (TPSA) is 72.4 Å². The van der Waals surface area contributed by atoms with Crippen LogP contribution in [0.4, 0.5) is 0 Å². The molecule has 100 valence electrons. The highest BCUT2D eigenvalue weighted by Gasteiger charge is 2.22. The molecule has 1 aromatic rings. The summed E-state index contributed by atoms with van der Waals surface area (Å²) in [5.74, 6) is -0.638. The fourth-order valence-corrected chi connectivity index (χ4v) is 2.14. The number of nitrogens with zero attached hydrogens (tertiary/aromatic N) is 3. The first-order valence-corrected chi connectivity index (χ1v) is 6.58. The molecule has 0 aromatic carbocycles. The second kappa shape index (κ2) is 7.05. The van der Waals surface area contributed by atoms with Gasteiger partial charge in [0.2, 0.25) is 0 Å². The Hall–Kier alpha value is -1.50. The van der Waals surface area contributed by atoms with Crippen LogP contribution < -0.4 is 0 Å². The normalized spacial score (nSPS) is 10.2. The van der Waals surface area contributed by atoms with Crippen LogP contribution in [0.5, 0.6) is 0 Å². The van der Waals surface area contributed by atoms with Gasteiger partial charge in [-0.25, -0.2) is 0 Å². The third-order valence-electron chi connectivity index (χ3n) is 2.45. The van der Waals surface area contributed by atoms with E-state index in [0.29, 0.717) is 23.5 Å². The maximum atomic E-state index is 12.2. The molecule has 0 saturated carbocycles. The Morgan fingerprint density at radius 2 is 2.11 bits per heavy atom. The van der Waals surface area contributed by atoms with Crippen LogP contribution in [0.15, 0.2) is 0 Å². The molecular formula is C11H17N3O3S. The molecule has 0 bridgehead atoms. The minimum atomic E-state index is -0.431. The van der Waals surface area contributed by atoms with Crippen molar-refractivity contribution in [2.75, 3.05) is 20.2 Å². The number of aromatic nitrogens is 2. The standard InChI is InChI=1S/C11H17N3O3S/c1-4-6-8-10(18-13-12-8)11(16)14(5-2)7-9(15)17-3/h4-7H2,1-3H3. The van der Waals surface area contributed by atoms with Crippen LogP contribution in [0.3, 0.4) is 0 Å². The van der Waals surface area contributed by atoms with E-state index in [2.05, 4.69) is 14.3 Å². The maximum absolute atomic E-state index is 12.2. The molecule has 1 heterocycles. The highest BCUT2D eigenvalue weighted by atomic mass is 32.1. The zero-order valence-corrected chi connectivity index (χ0v) is 11.6. The monoisotopic (exact) mass is 271 g/mol. The largest absolute Gasteiger partial charge is 0.468 e. The van der Waals surface area contributed by atoms with Crippen molar-refractivity contribution in [2.45, 2.75) is 26.7 Å². The van der Waals surface area contributed by atoms with E-state index in [1.807, 2.05) is 13.8 Å². The summed E-state index contributed by atoms with van der Waals surface area (Å²) in [5, 5.41) is 3.95. The molecule has 0 N–H and O–H groups in total. The van der Waals surface area contributed by atoms with Gasteiger partial charge in [0.1, 0.15) is 11.4 Å². The van der Waals surface area contributed by atoms with Gasteiger partial charge in [-0.05, 0) is 24.9 Å². The van der Waals surface area contributed by atoms with Crippen molar-refractivity contribution in [3.8, 4) is 0 Å². The summed E-state index contributed by atoms with van der Waals surface area (Å²) in [4.78, 5) is 25.4. The van der Waals surface area contributed by atoms with Crippen LogP contribution in [-0.2, 0) is 16.0 Å². The molecule has 6 nitrogen and oxygen atoms in total. The van der Waals surface area contributed by atoms with Gasteiger partial charge in [0.25, 0.3) is 5.91 Å². The Morgan fingerprint density at radius 3 is 2.67 bits per heavy atom. The minimum Gasteiger partial charge on any atom is -0.468 e. The number of methoxy groups -OCH3 is 1. The van der Waals surface area contributed by atoms with Gasteiger partial charge >= 0.3 is 5.97 Å². The van der Waals surface area contributed by atoms with E-state index in [-0.39, 0.29) is 12.5 Å². The van der Waals surface area contributed by atoms with Gasteiger partial charge in [-0.3, -0.25) is 9.59 Å². The van der Waals surface area contributed by atoms with E-state index < -0.39 is 5.97 Å². The molecule has 1 rings (SSSR count). The van der Waals surface area contributed by atoms with E-state index in [0.717, 1.165) is 18.0 Å². The molecule has 18 heavy (non-hydrogen) atoms. The number of aryl methyl sites for hydroxylation is 1. The van der Waals surface area contributed by atoms with Crippen molar-refractivity contribution in [1.29, 1.82) is 0 Å². The lowest BCUT2D eigenvalue weighted by Gasteiger charge is -2.18. The molecule has 0 unspecified atom stereocenters. The number of likely N-dealkylation sites (N-methyl/N-ethyl adjacent to an activating group) is 1. The predicted octanol–water partition coefficient (Wildman–Crippen LogP) is 1.13. The Morgan fingerprint density at radius 1 is 1.39 bits per heavy atom. The Balaban J connectivity index is 2.82. The van der Waals surface area contributed by atoms with E-state index in [4.69, 9.17) is 0 Å². The zero-order valence-electron chi connectivity index (χ0n) is 10.8. The van der Waals surface area contributed by atoms with Gasteiger partial charge in [-0.1, -0.05) is 17.8 Å². The van der Waals surface area contributed by atoms with Crippen molar-refractivity contribution in [3.05, 3.63) is 10.6 Å². The molecule has 1 aromatic heterocycles. The van der Waals surface area contributed by atoms with E-state index >= 15 is 0 Å². The van der Waals surface area contributed by atoms with Gasteiger partial charge in [0.05, 0.1) is 12.8 Å². The fourth-order valence-electron chi connectivity index (χ4n) is 1.46. The number of hydrogen-bond donors (Lipinski definition) is 0. The van der Waals surface area contributed by atoms with Gasteiger partial charge in [-0.2, -0.15) is 0 Å². The molecule has 0 radical (unpaired) electrons. The fraction of sp³-hybridized carbons (Fsp3) is 0.636. The molecule has 0 saturated heterocycles. The third-order valence-corrected chi connectivity index (χ3v) is 3.21. The van der Waals surface area contributed by atoms with Crippen LogP contribution >= 0.6 is 11.5 Å². The Labute approximate surface area is 110 Å². The van der Waals surface area contributed by atoms with Crippen molar-refractivity contribution >= 4 is 23.4 Å². The average Bonchev–Trinajstić information content (AvgIpc) is 2.83. The molecule has 0 fully saturated rings. The summed E-state index contributed by atoms with van der Waals surface area (Å²) in [6, 6.07) is 0. The summed E-state index contributed by atoms with van der Waals surface area (Å²) in [6.07, 6.45) is 1.61. The van der Waals surface area contributed by atoms with Crippen molar-refractivity contribution in [3.63, 3.8) is 0 Å². The molecule has 0 aliphatic carbocycles. The lowest BCUT2D eigenvalue weighted by atomic mass is 10.2. The first-order chi connectivity index (χ1) is 8.63. The lowest BCUT2D eigenvalue weighted by molar-refractivity contribution is -0.141. The van der Waals surface area contributed by atoms with Gasteiger partial charge < -0.3 is 9.64 Å². The Kier molecular flexibility index (Phi) is 5.70. The number of amides is 1. The van der Waals surface area contributed by atoms with E-state index in [1.165, 1.54) is 12.0 Å². The minimum absolute atomic E-state index is 0.0463. The molecule has 0 aliphatic heterocycles. The van der Waals surface area contributed by atoms with Gasteiger partial charge in [0.15, 0.2) is 0 Å². The predicted molar refractivity (Wildman–Crippen MR) is 67.5 cm³/mol. The molecular weight excluding hydrogens is 254 g/mol. The molecule has 0 atom stereocenters. The Bertz CT molecular complexity index is 419. The quantitative estimate of drug-likeness (QED) is 0.725. The first-order valence-electron chi connectivity index (χ1n) is 5.81. The van der Waals surface area contributed by atoms with Crippen molar-refractivity contribution in [2.24, 2.45) is 0 Å². The third kappa shape index (κ3) is 3.49. The van der Waals surface area contributed by atoms with E-state index in [1.54, 1.807) is 0 Å². The summed E-state index contributed by atoms with van der Waals surface area (Å²) in [6.45, 7) is 4.22. The number of hydrogen-bond acceptors (Lipinski definition) is 6. The number of rotatable bonds is 6.